The van der Waals surface area contributed by atoms with Crippen LogP contribution in [0.5, 0.6) is 0 Å². The van der Waals surface area contributed by atoms with Crippen LogP contribution in [0.2, 0.25) is 5.02 Å². The molecule has 0 bridgehead atoms. The topological polar surface area (TPSA) is 48.7 Å². The molecule has 0 spiro atoms. The van der Waals surface area contributed by atoms with Gasteiger partial charge in [0.05, 0.1) is 5.56 Å². The van der Waals surface area contributed by atoms with E-state index in [4.69, 9.17) is 16.9 Å². The zero-order chi connectivity index (χ0) is 13.4. The van der Waals surface area contributed by atoms with Crippen LogP contribution < -0.4 is 5.32 Å². The van der Waals surface area contributed by atoms with Crippen molar-refractivity contribution in [1.82, 2.24) is 4.98 Å². The normalized spacial score (nSPS) is 11.9. The summed E-state index contributed by atoms with van der Waals surface area (Å²) in [5, 5.41) is 12.6. The summed E-state index contributed by atoms with van der Waals surface area (Å²) in [4.78, 5) is 4.18. The first-order valence-corrected chi connectivity index (χ1v) is 6.89. The molecule has 98 valence electrons. The fraction of sp³-hybridized carbons (Fsp3) is 0.571. The molecule has 0 saturated heterocycles. The van der Waals surface area contributed by atoms with Gasteiger partial charge in [-0.3, -0.25) is 0 Å². The molecular weight excluding hydrogens is 246 g/mol. The van der Waals surface area contributed by atoms with Crippen molar-refractivity contribution in [1.29, 1.82) is 5.26 Å². The van der Waals surface area contributed by atoms with Gasteiger partial charge in [0.25, 0.3) is 0 Å². The van der Waals surface area contributed by atoms with Crippen molar-refractivity contribution in [3.8, 4) is 6.07 Å². The lowest BCUT2D eigenvalue weighted by molar-refractivity contribution is 0.472. The molecule has 3 nitrogen and oxygen atoms in total. The standard InChI is InChI=1S/C14H20ClN3/c1-3-5-6-11(4-2)10-18-14-13(15)12(9-16)7-8-17-14/h7-8,11H,3-6,10H2,1-2H3,(H,17,18). The van der Waals surface area contributed by atoms with Crippen molar-refractivity contribution in [2.75, 3.05) is 11.9 Å². The van der Waals surface area contributed by atoms with Gasteiger partial charge in [-0.25, -0.2) is 4.98 Å². The molecule has 1 atom stereocenters. The van der Waals surface area contributed by atoms with Crippen LogP contribution in [0.3, 0.4) is 0 Å². The van der Waals surface area contributed by atoms with Crippen LogP contribution in [0, 0.1) is 17.2 Å². The third-order valence-electron chi connectivity index (χ3n) is 3.11. The fourth-order valence-corrected chi connectivity index (χ4v) is 2.06. The molecule has 0 amide bonds. The third kappa shape index (κ3) is 4.19. The molecule has 1 aromatic rings. The number of hydrogen-bond donors (Lipinski definition) is 1. The van der Waals surface area contributed by atoms with Gasteiger partial charge in [-0.1, -0.05) is 44.7 Å². The molecule has 0 fully saturated rings. The summed E-state index contributed by atoms with van der Waals surface area (Å²) in [7, 11) is 0. The van der Waals surface area contributed by atoms with Crippen LogP contribution in [-0.2, 0) is 0 Å². The van der Waals surface area contributed by atoms with E-state index < -0.39 is 0 Å². The Morgan fingerprint density at radius 2 is 2.28 bits per heavy atom. The van der Waals surface area contributed by atoms with Gasteiger partial charge >= 0.3 is 0 Å². The first-order chi connectivity index (χ1) is 8.72. The summed E-state index contributed by atoms with van der Waals surface area (Å²) >= 11 is 6.09. The molecule has 0 aliphatic rings. The van der Waals surface area contributed by atoms with Crippen LogP contribution in [-0.4, -0.2) is 11.5 Å². The monoisotopic (exact) mass is 265 g/mol. The highest BCUT2D eigenvalue weighted by atomic mass is 35.5. The molecule has 0 radical (unpaired) electrons. The van der Waals surface area contributed by atoms with Crippen molar-refractivity contribution in [2.24, 2.45) is 5.92 Å². The van der Waals surface area contributed by atoms with Crippen molar-refractivity contribution in [2.45, 2.75) is 39.5 Å². The lowest BCUT2D eigenvalue weighted by atomic mass is 9.99. The molecule has 1 aromatic heterocycles. The Labute approximate surface area is 114 Å². The van der Waals surface area contributed by atoms with Crippen molar-refractivity contribution >= 4 is 17.4 Å². The number of halogens is 1. The highest BCUT2D eigenvalue weighted by Crippen LogP contribution is 2.23. The van der Waals surface area contributed by atoms with E-state index in [1.54, 1.807) is 12.3 Å². The minimum atomic E-state index is 0.422. The molecule has 1 rings (SSSR count). The second-order valence-corrected chi connectivity index (χ2v) is 4.81. The lowest BCUT2D eigenvalue weighted by Gasteiger charge is -2.16. The molecule has 18 heavy (non-hydrogen) atoms. The van der Waals surface area contributed by atoms with Crippen LogP contribution >= 0.6 is 11.6 Å². The van der Waals surface area contributed by atoms with E-state index in [9.17, 15) is 0 Å². The number of unbranched alkanes of at least 4 members (excludes halogenated alkanes) is 1. The highest BCUT2D eigenvalue weighted by Gasteiger charge is 2.10. The van der Waals surface area contributed by atoms with E-state index in [1.165, 1.54) is 19.3 Å². The summed E-state index contributed by atoms with van der Waals surface area (Å²) in [6.45, 7) is 5.26. The Balaban J connectivity index is 2.60. The van der Waals surface area contributed by atoms with Gasteiger partial charge in [-0.05, 0) is 18.4 Å². The van der Waals surface area contributed by atoms with Gasteiger partial charge in [0, 0.05) is 12.7 Å². The highest BCUT2D eigenvalue weighted by molar-refractivity contribution is 6.34. The molecule has 1 heterocycles. The predicted octanol–water partition coefficient (Wildman–Crippen LogP) is 4.23. The number of nitrogens with one attached hydrogen (secondary N) is 1. The number of hydrogen-bond acceptors (Lipinski definition) is 3. The van der Waals surface area contributed by atoms with E-state index in [0.29, 0.717) is 22.3 Å². The van der Waals surface area contributed by atoms with Crippen LogP contribution in [0.15, 0.2) is 12.3 Å². The van der Waals surface area contributed by atoms with Gasteiger partial charge in [0.2, 0.25) is 0 Å². The Hall–Kier alpha value is -1.27. The molecular formula is C14H20ClN3. The van der Waals surface area contributed by atoms with Crippen molar-refractivity contribution in [3.63, 3.8) is 0 Å². The predicted molar refractivity (Wildman–Crippen MR) is 75.8 cm³/mol. The van der Waals surface area contributed by atoms with E-state index in [2.05, 4.69) is 30.2 Å². The number of anilines is 1. The van der Waals surface area contributed by atoms with Crippen LogP contribution in [0.1, 0.15) is 45.1 Å². The van der Waals surface area contributed by atoms with Gasteiger partial charge in [-0.2, -0.15) is 5.26 Å². The maximum absolute atomic E-state index is 8.89. The molecule has 0 saturated carbocycles. The molecule has 0 aliphatic carbocycles. The van der Waals surface area contributed by atoms with Crippen molar-refractivity contribution < 1.29 is 0 Å². The lowest BCUT2D eigenvalue weighted by Crippen LogP contribution is -2.14. The van der Waals surface area contributed by atoms with Gasteiger partial charge in [0.15, 0.2) is 0 Å². The average molecular weight is 266 g/mol. The number of aromatic nitrogens is 1. The minimum absolute atomic E-state index is 0.422. The summed E-state index contributed by atoms with van der Waals surface area (Å²) in [5.41, 5.74) is 0.468. The van der Waals surface area contributed by atoms with Crippen LogP contribution in [0.25, 0.3) is 0 Å². The largest absolute Gasteiger partial charge is 0.369 e. The average Bonchev–Trinajstić information content (AvgIpc) is 2.40. The second kappa shape index (κ2) is 7.94. The molecule has 1 N–H and O–H groups in total. The second-order valence-electron chi connectivity index (χ2n) is 4.43. The minimum Gasteiger partial charge on any atom is -0.369 e. The van der Waals surface area contributed by atoms with Crippen LogP contribution in [0.4, 0.5) is 5.82 Å². The summed E-state index contributed by atoms with van der Waals surface area (Å²) in [6, 6.07) is 3.69. The Morgan fingerprint density at radius 3 is 2.89 bits per heavy atom. The zero-order valence-corrected chi connectivity index (χ0v) is 11.8. The van der Waals surface area contributed by atoms with Crippen molar-refractivity contribution in [3.05, 3.63) is 22.8 Å². The quantitative estimate of drug-likeness (QED) is 0.802. The summed E-state index contributed by atoms with van der Waals surface area (Å²) in [5.74, 6) is 1.25. The van der Waals surface area contributed by atoms with E-state index in [-0.39, 0.29) is 0 Å². The molecule has 4 heteroatoms. The third-order valence-corrected chi connectivity index (χ3v) is 3.49. The Morgan fingerprint density at radius 1 is 1.50 bits per heavy atom. The molecule has 0 aromatic carbocycles. The maximum Gasteiger partial charge on any atom is 0.146 e. The first kappa shape index (κ1) is 14.8. The van der Waals surface area contributed by atoms with E-state index >= 15 is 0 Å². The fourth-order valence-electron chi connectivity index (χ4n) is 1.84. The van der Waals surface area contributed by atoms with Gasteiger partial charge < -0.3 is 5.32 Å². The first-order valence-electron chi connectivity index (χ1n) is 6.51. The molecule has 0 aliphatic heterocycles. The number of nitrogens with zero attached hydrogens (tertiary/aromatic N) is 2. The molecule has 1 unspecified atom stereocenters. The maximum atomic E-state index is 8.89. The Bertz CT molecular complexity index is 412. The number of rotatable bonds is 7. The SMILES string of the molecule is CCCCC(CC)CNc1nccc(C#N)c1Cl. The number of nitriles is 1. The summed E-state index contributed by atoms with van der Waals surface area (Å²) in [6.07, 6.45) is 6.44. The smallest absolute Gasteiger partial charge is 0.146 e. The summed E-state index contributed by atoms with van der Waals surface area (Å²) < 4.78 is 0. The van der Waals surface area contributed by atoms with Gasteiger partial charge in [0.1, 0.15) is 16.9 Å². The van der Waals surface area contributed by atoms with E-state index in [0.717, 1.165) is 13.0 Å². The van der Waals surface area contributed by atoms with Gasteiger partial charge in [-0.15, -0.1) is 0 Å². The Kier molecular flexibility index (Phi) is 6.53. The zero-order valence-electron chi connectivity index (χ0n) is 11.0. The van der Waals surface area contributed by atoms with E-state index in [1.807, 2.05) is 0 Å². The number of pyridine rings is 1.